The smallest absolute Gasteiger partial charge is 0.229 e. The van der Waals surface area contributed by atoms with Crippen molar-refractivity contribution < 1.29 is 9.59 Å². The van der Waals surface area contributed by atoms with Crippen molar-refractivity contribution in [1.82, 2.24) is 0 Å². The number of rotatable bonds is 0. The van der Waals surface area contributed by atoms with Crippen LogP contribution in [-0.4, -0.2) is 11.6 Å². The lowest BCUT2D eigenvalue weighted by atomic mass is 9.85. The van der Waals surface area contributed by atoms with Crippen LogP contribution in [-0.2, 0) is 4.79 Å². The molecule has 0 aromatic heterocycles. The molecule has 0 amide bonds. The van der Waals surface area contributed by atoms with Crippen molar-refractivity contribution in [2.24, 2.45) is 0 Å². The number of hydrogen-bond acceptors (Lipinski definition) is 2. The third-order valence-corrected chi connectivity index (χ3v) is 3.12. The molecular formula is C14H8O2. The minimum absolute atomic E-state index is 0.363. The van der Waals surface area contributed by atoms with Crippen LogP contribution in [0.1, 0.15) is 27.4 Å². The number of allylic oxidation sites excluding steroid dienone is 2. The molecule has 0 saturated carbocycles. The first-order valence-electron chi connectivity index (χ1n) is 5.03. The average molecular weight is 208 g/mol. The van der Waals surface area contributed by atoms with Crippen LogP contribution in [0, 0.1) is 0 Å². The van der Waals surface area contributed by atoms with Gasteiger partial charge in [0.25, 0.3) is 0 Å². The van der Waals surface area contributed by atoms with Gasteiger partial charge in [-0.15, -0.1) is 5.73 Å². The molecule has 1 unspecified atom stereocenters. The Kier molecular flexibility index (Phi) is 1.65. The molecule has 0 radical (unpaired) electrons. The minimum atomic E-state index is -0.471. The van der Waals surface area contributed by atoms with Gasteiger partial charge in [0.15, 0.2) is 0 Å². The van der Waals surface area contributed by atoms with Crippen LogP contribution in [0.5, 0.6) is 0 Å². The first-order valence-corrected chi connectivity index (χ1v) is 5.03. The molecule has 16 heavy (non-hydrogen) atoms. The predicted octanol–water partition coefficient (Wildman–Crippen LogP) is 2.27. The van der Waals surface area contributed by atoms with E-state index in [1.54, 1.807) is 18.2 Å². The van der Waals surface area contributed by atoms with Gasteiger partial charge in [-0.1, -0.05) is 30.9 Å². The van der Waals surface area contributed by atoms with Crippen LogP contribution in [0.25, 0.3) is 6.08 Å². The van der Waals surface area contributed by atoms with E-state index in [4.69, 9.17) is 0 Å². The lowest BCUT2D eigenvalue weighted by Gasteiger charge is -2.16. The zero-order valence-corrected chi connectivity index (χ0v) is 8.49. The van der Waals surface area contributed by atoms with E-state index in [1.807, 2.05) is 12.1 Å². The Morgan fingerprint density at radius 3 is 2.75 bits per heavy atom. The summed E-state index contributed by atoms with van der Waals surface area (Å²) >= 11 is 0. The standard InChI is InChI=1S/C14H8O2/c1-2-8-6-7-9-4-3-5-10-11(9)12(8)14(16)13(10)15/h3-7,12H,1H2. The summed E-state index contributed by atoms with van der Waals surface area (Å²) in [5.41, 5.74) is 5.73. The zero-order chi connectivity index (χ0) is 11.3. The van der Waals surface area contributed by atoms with Gasteiger partial charge in [0, 0.05) is 11.1 Å². The Labute approximate surface area is 92.6 Å². The Bertz CT molecular complexity index is 614. The van der Waals surface area contributed by atoms with Crippen LogP contribution >= 0.6 is 0 Å². The Balaban J connectivity index is 2.42. The maximum absolute atomic E-state index is 11.9. The zero-order valence-electron chi connectivity index (χ0n) is 8.49. The van der Waals surface area contributed by atoms with E-state index in [9.17, 15) is 9.59 Å². The van der Waals surface area contributed by atoms with Crippen molar-refractivity contribution in [1.29, 1.82) is 0 Å². The molecule has 1 aromatic rings. The van der Waals surface area contributed by atoms with E-state index < -0.39 is 11.7 Å². The van der Waals surface area contributed by atoms with Crippen LogP contribution in [0.4, 0.5) is 0 Å². The minimum Gasteiger partial charge on any atom is -0.289 e. The van der Waals surface area contributed by atoms with E-state index >= 15 is 0 Å². The van der Waals surface area contributed by atoms with E-state index in [-0.39, 0.29) is 5.78 Å². The van der Waals surface area contributed by atoms with Gasteiger partial charge in [-0.05, 0) is 17.2 Å². The summed E-state index contributed by atoms with van der Waals surface area (Å²) in [4.78, 5) is 23.6. The largest absolute Gasteiger partial charge is 0.289 e. The molecule has 2 aliphatic rings. The van der Waals surface area contributed by atoms with E-state index in [1.165, 1.54) is 0 Å². The number of benzene rings is 1. The highest BCUT2D eigenvalue weighted by Crippen LogP contribution is 2.41. The third-order valence-electron chi connectivity index (χ3n) is 3.12. The van der Waals surface area contributed by atoms with E-state index in [0.717, 1.165) is 11.1 Å². The Hall–Kier alpha value is -2.18. The van der Waals surface area contributed by atoms with E-state index in [0.29, 0.717) is 11.1 Å². The molecule has 2 aliphatic carbocycles. The van der Waals surface area contributed by atoms with Crippen molar-refractivity contribution in [2.75, 3.05) is 0 Å². The predicted molar refractivity (Wildman–Crippen MR) is 60.2 cm³/mol. The van der Waals surface area contributed by atoms with Crippen molar-refractivity contribution in [3.8, 4) is 0 Å². The lowest BCUT2D eigenvalue weighted by Crippen LogP contribution is -2.14. The highest BCUT2D eigenvalue weighted by molar-refractivity contribution is 6.50. The summed E-state index contributed by atoms with van der Waals surface area (Å²) in [7, 11) is 0. The topological polar surface area (TPSA) is 34.1 Å². The maximum Gasteiger partial charge on any atom is 0.229 e. The Morgan fingerprint density at radius 2 is 2.00 bits per heavy atom. The van der Waals surface area contributed by atoms with Crippen molar-refractivity contribution >= 4 is 17.6 Å². The van der Waals surface area contributed by atoms with Gasteiger partial charge in [0.1, 0.15) is 0 Å². The monoisotopic (exact) mass is 208 g/mol. The van der Waals surface area contributed by atoms with Crippen molar-refractivity contribution in [2.45, 2.75) is 5.92 Å². The fourth-order valence-electron chi connectivity index (χ4n) is 2.38. The molecule has 2 nitrogen and oxygen atoms in total. The summed E-state index contributed by atoms with van der Waals surface area (Å²) in [6, 6.07) is 5.42. The van der Waals surface area contributed by atoms with Gasteiger partial charge in [0.05, 0.1) is 5.92 Å². The molecular weight excluding hydrogens is 200 g/mol. The number of Topliss-reactive ketones (excluding diaryl/α,β-unsaturated/α-hetero) is 2. The number of carbonyl (C=O) groups excluding carboxylic acids is 2. The van der Waals surface area contributed by atoms with Gasteiger partial charge in [-0.2, -0.15) is 0 Å². The molecule has 0 saturated heterocycles. The molecule has 0 fully saturated rings. The van der Waals surface area contributed by atoms with Gasteiger partial charge in [-0.3, -0.25) is 9.59 Å². The fraction of sp³-hybridized carbons (Fsp3) is 0.0714. The van der Waals surface area contributed by atoms with Crippen LogP contribution in [0.15, 0.2) is 42.2 Å². The summed E-state index contributed by atoms with van der Waals surface area (Å²) in [6.07, 6.45) is 3.70. The molecule has 0 spiro atoms. The van der Waals surface area contributed by atoms with Crippen LogP contribution in [0.3, 0.4) is 0 Å². The summed E-state index contributed by atoms with van der Waals surface area (Å²) in [5, 5.41) is 0. The summed E-state index contributed by atoms with van der Waals surface area (Å²) < 4.78 is 0. The second-order valence-electron chi connectivity index (χ2n) is 3.90. The van der Waals surface area contributed by atoms with Gasteiger partial charge in [0.2, 0.25) is 11.6 Å². The second-order valence-corrected chi connectivity index (χ2v) is 3.90. The molecule has 1 aromatic carbocycles. The van der Waals surface area contributed by atoms with Crippen molar-refractivity contribution in [3.63, 3.8) is 0 Å². The van der Waals surface area contributed by atoms with Crippen LogP contribution in [0.2, 0.25) is 0 Å². The van der Waals surface area contributed by atoms with Gasteiger partial charge < -0.3 is 0 Å². The molecule has 3 rings (SSSR count). The summed E-state index contributed by atoms with van der Waals surface area (Å²) in [6.45, 7) is 3.56. The highest BCUT2D eigenvalue weighted by atomic mass is 16.2. The molecule has 0 aliphatic heterocycles. The molecule has 76 valence electrons. The molecule has 0 bridgehead atoms. The third kappa shape index (κ3) is 0.918. The molecule has 1 atom stereocenters. The number of hydrogen-bond donors (Lipinski definition) is 0. The SMILES string of the molecule is C=C=C1C=Cc2cccc3c2C1C(=O)C3=O. The normalized spacial score (nSPS) is 21.0. The molecule has 0 heterocycles. The lowest BCUT2D eigenvalue weighted by molar-refractivity contribution is -0.115. The Morgan fingerprint density at radius 1 is 1.19 bits per heavy atom. The van der Waals surface area contributed by atoms with Gasteiger partial charge >= 0.3 is 0 Å². The maximum atomic E-state index is 11.9. The fourth-order valence-corrected chi connectivity index (χ4v) is 2.38. The first-order chi connectivity index (χ1) is 7.74. The van der Waals surface area contributed by atoms with E-state index in [2.05, 4.69) is 12.3 Å². The highest BCUT2D eigenvalue weighted by Gasteiger charge is 2.42. The van der Waals surface area contributed by atoms with Gasteiger partial charge in [-0.25, -0.2) is 0 Å². The summed E-state index contributed by atoms with van der Waals surface area (Å²) in [5.74, 6) is -1.22. The average Bonchev–Trinajstić information content (AvgIpc) is 2.58. The second kappa shape index (κ2) is 2.91. The first kappa shape index (κ1) is 9.08. The van der Waals surface area contributed by atoms with Crippen LogP contribution < -0.4 is 0 Å². The number of ketones is 2. The molecule has 2 heteroatoms. The molecule has 0 N–H and O–H groups in total. The van der Waals surface area contributed by atoms with Crippen molar-refractivity contribution in [3.05, 3.63) is 58.8 Å². The quantitative estimate of drug-likeness (QED) is 0.484. The number of carbonyl (C=O) groups is 2.